The van der Waals surface area contributed by atoms with Crippen LogP contribution in [0.25, 0.3) is 22.6 Å². The van der Waals surface area contributed by atoms with Crippen LogP contribution >= 0.6 is 37.2 Å². The molecule has 294 valence electrons. The first kappa shape index (κ1) is 44.5. The molecule has 2 aromatic heterocycles. The van der Waals surface area contributed by atoms with Crippen LogP contribution in [0.1, 0.15) is 52.0 Å². The summed E-state index contributed by atoms with van der Waals surface area (Å²) in [5.74, 6) is 1.09. The van der Waals surface area contributed by atoms with Gasteiger partial charge in [-0.1, -0.05) is 18.2 Å². The molecule has 0 spiro atoms. The Bertz CT molecular complexity index is 2060. The fourth-order valence-electron chi connectivity index (χ4n) is 6.22. The van der Waals surface area contributed by atoms with E-state index in [2.05, 4.69) is 32.2 Å². The molecule has 0 saturated carbocycles. The van der Waals surface area contributed by atoms with E-state index in [9.17, 15) is 14.4 Å². The summed E-state index contributed by atoms with van der Waals surface area (Å²) in [7, 11) is 5.28. The molecule has 1 fully saturated rings. The Balaban J connectivity index is 0.00000271. The van der Waals surface area contributed by atoms with Crippen molar-refractivity contribution in [3.8, 4) is 23.0 Å². The molecule has 2 N–H and O–H groups in total. The van der Waals surface area contributed by atoms with Gasteiger partial charge in [0.2, 0.25) is 5.91 Å². The highest BCUT2D eigenvalue weighted by atomic mass is 35.5. The minimum Gasteiger partial charge on any atom is -0.495 e. The molecule has 0 unspecified atom stereocenters. The van der Waals surface area contributed by atoms with E-state index >= 15 is 0 Å². The number of methoxy groups -OCH3 is 1. The van der Waals surface area contributed by atoms with E-state index in [1.54, 1.807) is 48.5 Å². The molecule has 12 nitrogen and oxygen atoms in total. The summed E-state index contributed by atoms with van der Waals surface area (Å²) in [4.78, 5) is 57.8. The van der Waals surface area contributed by atoms with Gasteiger partial charge in [0.25, 0.3) is 11.8 Å². The van der Waals surface area contributed by atoms with Crippen molar-refractivity contribution >= 4 is 77.4 Å². The number of para-hydroxylation sites is 1. The topological polar surface area (TPSA) is 133 Å². The Morgan fingerprint density at radius 3 is 2.40 bits per heavy atom. The van der Waals surface area contributed by atoms with Crippen LogP contribution in [0.5, 0.6) is 11.5 Å². The van der Waals surface area contributed by atoms with Crippen molar-refractivity contribution in [2.45, 2.75) is 32.6 Å². The van der Waals surface area contributed by atoms with Gasteiger partial charge in [0.05, 0.1) is 36.2 Å². The Hall–Kier alpha value is -4.88. The summed E-state index contributed by atoms with van der Waals surface area (Å²) in [5, 5.41) is 2.92. The highest BCUT2D eigenvalue weighted by Gasteiger charge is 2.22. The number of ether oxygens (including phenoxy) is 2. The first-order valence-electron chi connectivity index (χ1n) is 17.6. The predicted molar refractivity (Wildman–Crippen MR) is 224 cm³/mol. The molecule has 6 rings (SSSR count). The van der Waals surface area contributed by atoms with E-state index < -0.39 is 0 Å². The predicted octanol–water partition coefficient (Wildman–Crippen LogP) is 7.45. The van der Waals surface area contributed by atoms with Gasteiger partial charge in [-0.05, 0) is 93.4 Å². The van der Waals surface area contributed by atoms with Crippen LogP contribution in [-0.2, 0) is 4.79 Å². The van der Waals surface area contributed by atoms with E-state index in [1.165, 1.54) is 7.11 Å². The van der Waals surface area contributed by atoms with Gasteiger partial charge >= 0.3 is 0 Å². The number of benzene rings is 3. The first-order chi connectivity index (χ1) is 25.2. The van der Waals surface area contributed by atoms with Crippen LogP contribution in [-0.4, -0.2) is 96.5 Å². The van der Waals surface area contributed by atoms with Crippen LogP contribution in [0.3, 0.4) is 0 Å². The summed E-state index contributed by atoms with van der Waals surface area (Å²) in [6.45, 7) is 5.89. The molecule has 5 aromatic rings. The Morgan fingerprint density at radius 1 is 0.891 bits per heavy atom. The number of aryl methyl sites for hydroxylation is 1. The normalized spacial score (nSPS) is 12.5. The molecule has 15 heteroatoms. The van der Waals surface area contributed by atoms with Gasteiger partial charge in [-0.15, -0.1) is 37.2 Å². The maximum Gasteiger partial charge on any atom is 0.258 e. The van der Waals surface area contributed by atoms with Crippen LogP contribution in [0.15, 0.2) is 79.0 Å². The smallest absolute Gasteiger partial charge is 0.258 e. The third-order valence-corrected chi connectivity index (χ3v) is 9.29. The van der Waals surface area contributed by atoms with Gasteiger partial charge in [0.15, 0.2) is 5.82 Å². The Morgan fingerprint density at radius 2 is 1.67 bits per heavy atom. The van der Waals surface area contributed by atoms with Crippen molar-refractivity contribution in [3.63, 3.8) is 0 Å². The maximum atomic E-state index is 13.8. The molecule has 0 atom stereocenters. The Kier molecular flexibility index (Phi) is 16.8. The number of imidazole rings is 1. The molecule has 1 aliphatic rings. The molecule has 3 aromatic carbocycles. The molecule has 0 aliphatic carbocycles. The fourth-order valence-corrected chi connectivity index (χ4v) is 6.22. The number of anilines is 2. The number of carbonyl (C=O) groups excluding carboxylic acids is 3. The zero-order valence-corrected chi connectivity index (χ0v) is 33.8. The highest BCUT2D eigenvalue weighted by molar-refractivity contribution is 6.13. The van der Waals surface area contributed by atoms with Crippen molar-refractivity contribution in [2.75, 3.05) is 64.2 Å². The number of aromatic nitrogens is 3. The fraction of sp³-hybridized carbons (Fsp3) is 0.325. The number of halogens is 3. The minimum absolute atomic E-state index is 0. The number of unbranched alkanes of at least 4 members (excludes halogenated alkanes) is 2. The second-order valence-electron chi connectivity index (χ2n) is 13.0. The number of amides is 3. The third-order valence-electron chi connectivity index (χ3n) is 9.29. The lowest BCUT2D eigenvalue weighted by Crippen LogP contribution is -2.47. The minimum atomic E-state index is -0.373. The summed E-state index contributed by atoms with van der Waals surface area (Å²) < 4.78 is 11.8. The van der Waals surface area contributed by atoms with E-state index in [-0.39, 0.29) is 54.9 Å². The molecular formula is C40H48Cl3N7O5. The lowest BCUT2D eigenvalue weighted by molar-refractivity contribution is -0.132. The second-order valence-corrected chi connectivity index (χ2v) is 13.0. The largest absolute Gasteiger partial charge is 0.495 e. The van der Waals surface area contributed by atoms with E-state index in [1.807, 2.05) is 54.3 Å². The first-order valence-corrected chi connectivity index (χ1v) is 17.6. The number of carbonyl (C=O) groups is 3. The van der Waals surface area contributed by atoms with E-state index in [0.717, 1.165) is 51.0 Å². The molecule has 3 amide bonds. The van der Waals surface area contributed by atoms with Crippen molar-refractivity contribution < 1.29 is 23.9 Å². The average Bonchev–Trinajstić information content (AvgIpc) is 3.61. The lowest BCUT2D eigenvalue weighted by Gasteiger charge is -2.32. The van der Waals surface area contributed by atoms with Crippen molar-refractivity contribution in [1.82, 2.24) is 24.8 Å². The monoisotopic (exact) mass is 811 g/mol. The Labute approximate surface area is 340 Å². The number of piperazine rings is 1. The SMILES string of the molecule is COc1cc(C(=O)N(C)c2ccc(C)cc2OCCCCCC(=O)N2CCN(C)CC2)ccc1NC(=O)c1cccc2[nH]c(-c3ccccn3)nc12.Cl.Cl.Cl. The van der Waals surface area contributed by atoms with E-state index in [4.69, 9.17) is 9.47 Å². The molecule has 1 saturated heterocycles. The van der Waals surface area contributed by atoms with Gasteiger partial charge in [-0.3, -0.25) is 19.4 Å². The lowest BCUT2D eigenvalue weighted by atomic mass is 10.1. The molecule has 1 aliphatic heterocycles. The van der Waals surface area contributed by atoms with Crippen LogP contribution in [0.2, 0.25) is 0 Å². The summed E-state index contributed by atoms with van der Waals surface area (Å²) in [6.07, 6.45) is 4.73. The van der Waals surface area contributed by atoms with Gasteiger partial charge in [0.1, 0.15) is 22.7 Å². The highest BCUT2D eigenvalue weighted by Crippen LogP contribution is 2.32. The zero-order chi connectivity index (χ0) is 36.6. The number of nitrogens with zero attached hydrogens (tertiary/aromatic N) is 5. The molecule has 0 bridgehead atoms. The van der Waals surface area contributed by atoms with Crippen molar-refractivity contribution in [2.24, 2.45) is 0 Å². The number of aromatic amines is 1. The quantitative estimate of drug-likeness (QED) is 0.117. The number of hydrogen-bond acceptors (Lipinski definition) is 8. The van der Waals surface area contributed by atoms with Gasteiger partial charge < -0.3 is 34.5 Å². The van der Waals surface area contributed by atoms with Crippen LogP contribution in [0, 0.1) is 6.92 Å². The van der Waals surface area contributed by atoms with Gasteiger partial charge in [-0.25, -0.2) is 4.98 Å². The number of fused-ring (bicyclic) bond motifs is 1. The van der Waals surface area contributed by atoms with E-state index in [0.29, 0.717) is 69.6 Å². The van der Waals surface area contributed by atoms with Crippen LogP contribution in [0.4, 0.5) is 11.4 Å². The number of pyridine rings is 1. The molecule has 0 radical (unpaired) electrons. The third kappa shape index (κ3) is 10.9. The average molecular weight is 813 g/mol. The summed E-state index contributed by atoms with van der Waals surface area (Å²) in [6, 6.07) is 21.6. The summed E-state index contributed by atoms with van der Waals surface area (Å²) >= 11 is 0. The number of nitrogens with one attached hydrogen (secondary N) is 2. The number of H-pyrrole nitrogens is 1. The van der Waals surface area contributed by atoms with Crippen molar-refractivity contribution in [1.29, 1.82) is 0 Å². The number of likely N-dealkylation sites (N-methyl/N-ethyl adjacent to an activating group) is 1. The zero-order valence-electron chi connectivity index (χ0n) is 31.4. The standard InChI is InChI=1S/C40H45N7O5.3ClH/c1-27-15-18-33(35(25-27)52-24-9-5-6-14-36(48)47-22-20-45(2)21-23-47)46(3)40(50)28-16-17-30(34(26-28)51-4)43-39(49)29-11-10-13-31-37(29)44-38(42-31)32-12-7-8-19-41-32;;;/h7-8,10-13,15-19,25-26H,5-6,9,14,20-24H2,1-4H3,(H,42,44)(H,43,49);3*1H. The number of hydrogen-bond donors (Lipinski definition) is 2. The maximum absolute atomic E-state index is 13.8. The van der Waals surface area contributed by atoms with Gasteiger partial charge in [-0.2, -0.15) is 0 Å². The molecule has 3 heterocycles. The molecule has 55 heavy (non-hydrogen) atoms. The second kappa shape index (κ2) is 20.7. The van der Waals surface area contributed by atoms with Crippen molar-refractivity contribution in [3.05, 3.63) is 95.7 Å². The number of rotatable bonds is 13. The van der Waals surface area contributed by atoms with Crippen LogP contribution < -0.4 is 19.7 Å². The molecular weight excluding hydrogens is 765 g/mol. The van der Waals surface area contributed by atoms with Gasteiger partial charge in [0, 0.05) is 51.4 Å². The summed E-state index contributed by atoms with van der Waals surface area (Å²) in [5.41, 5.74) is 4.70.